The van der Waals surface area contributed by atoms with Gasteiger partial charge in [0.05, 0.1) is 18.2 Å². The van der Waals surface area contributed by atoms with Gasteiger partial charge in [0, 0.05) is 0 Å². The number of aromatic nitrogens is 4. The van der Waals surface area contributed by atoms with E-state index in [-0.39, 0.29) is 5.49 Å². The summed E-state index contributed by atoms with van der Waals surface area (Å²) in [7, 11) is 0. The molecule has 0 fully saturated rings. The molecule has 2 aliphatic rings. The van der Waals surface area contributed by atoms with E-state index in [1.54, 1.807) is 12.7 Å². The van der Waals surface area contributed by atoms with Crippen LogP contribution in [0.1, 0.15) is 53.1 Å². The lowest BCUT2D eigenvalue weighted by Gasteiger charge is -2.43. The first-order valence-electron chi connectivity index (χ1n) is 10.5. The van der Waals surface area contributed by atoms with Gasteiger partial charge >= 0.3 is 0 Å². The molecule has 0 saturated carbocycles. The van der Waals surface area contributed by atoms with Gasteiger partial charge in [-0.25, -0.2) is 9.97 Å². The molecule has 0 spiro atoms. The fourth-order valence-corrected chi connectivity index (χ4v) is 5.54. The first-order chi connectivity index (χ1) is 14.6. The number of H-pyrrole nitrogens is 1. The number of benzene rings is 2. The van der Waals surface area contributed by atoms with Gasteiger partial charge in [-0.1, -0.05) is 43.0 Å². The van der Waals surface area contributed by atoms with E-state index in [9.17, 15) is 0 Å². The third-order valence-electron chi connectivity index (χ3n) is 6.99. The van der Waals surface area contributed by atoms with E-state index < -0.39 is 5.54 Å². The Balaban J connectivity index is 1.79. The molecular formula is C25H23N5. The number of nitrogens with one attached hydrogen (secondary N) is 2. The maximum Gasteiger partial charge on any atom is 0.173 e. The molecule has 2 aliphatic carbocycles. The first kappa shape index (κ1) is 17.4. The number of imidazole rings is 1. The fraction of sp³-hybridized carbons (Fsp3) is 0.240. The molecule has 2 aromatic heterocycles. The molecule has 1 atom stereocenters. The number of aryl methyl sites for hydroxylation is 1. The number of nitrogens with zero attached hydrogens (tertiary/aromatic N) is 3. The zero-order valence-corrected chi connectivity index (χ0v) is 17.0. The van der Waals surface area contributed by atoms with Crippen LogP contribution in [0.15, 0.2) is 55.6 Å². The molecule has 2 aromatic carbocycles. The van der Waals surface area contributed by atoms with Crippen molar-refractivity contribution in [2.45, 2.75) is 38.1 Å². The van der Waals surface area contributed by atoms with Crippen molar-refractivity contribution in [2.75, 3.05) is 0 Å². The van der Waals surface area contributed by atoms with Crippen LogP contribution < -0.4 is 5.49 Å². The van der Waals surface area contributed by atoms with Gasteiger partial charge in [0.1, 0.15) is 5.52 Å². The summed E-state index contributed by atoms with van der Waals surface area (Å²) >= 11 is 0. The Labute approximate surface area is 174 Å². The average Bonchev–Trinajstić information content (AvgIpc) is 3.28. The van der Waals surface area contributed by atoms with Crippen LogP contribution >= 0.6 is 0 Å². The molecule has 2 heterocycles. The van der Waals surface area contributed by atoms with Gasteiger partial charge in [-0.3, -0.25) is 5.41 Å². The third kappa shape index (κ3) is 2.09. The van der Waals surface area contributed by atoms with E-state index in [4.69, 9.17) is 5.41 Å². The lowest BCUT2D eigenvalue weighted by molar-refractivity contribution is 0.464. The minimum Gasteiger partial charge on any atom is -0.340 e. The van der Waals surface area contributed by atoms with Crippen molar-refractivity contribution in [2.24, 2.45) is 0 Å². The molecule has 148 valence electrons. The van der Waals surface area contributed by atoms with Crippen LogP contribution in [-0.2, 0) is 18.4 Å². The molecule has 0 amide bonds. The predicted molar refractivity (Wildman–Crippen MR) is 117 cm³/mol. The molecule has 6 rings (SSSR count). The Bertz CT molecular complexity index is 1410. The Morgan fingerprint density at radius 1 is 1.07 bits per heavy atom. The Kier molecular flexibility index (Phi) is 3.49. The Hall–Kier alpha value is -3.47. The lowest BCUT2D eigenvalue weighted by Crippen LogP contribution is -2.40. The minimum atomic E-state index is -0.496. The summed E-state index contributed by atoms with van der Waals surface area (Å²) in [5.41, 5.74) is 9.99. The smallest absolute Gasteiger partial charge is 0.173 e. The van der Waals surface area contributed by atoms with Crippen molar-refractivity contribution in [3.63, 3.8) is 0 Å². The van der Waals surface area contributed by atoms with E-state index in [0.717, 1.165) is 29.6 Å². The van der Waals surface area contributed by atoms with Crippen LogP contribution in [-0.4, -0.2) is 19.5 Å². The molecular weight excluding hydrogens is 370 g/mol. The molecule has 4 aromatic rings. The average molecular weight is 393 g/mol. The predicted octanol–water partition coefficient (Wildman–Crippen LogP) is 4.30. The van der Waals surface area contributed by atoms with Gasteiger partial charge < -0.3 is 9.55 Å². The van der Waals surface area contributed by atoms with Crippen molar-refractivity contribution < 1.29 is 0 Å². The second kappa shape index (κ2) is 6.02. The number of aromatic amines is 1. The van der Waals surface area contributed by atoms with Crippen molar-refractivity contribution >= 4 is 16.7 Å². The summed E-state index contributed by atoms with van der Waals surface area (Å²) in [6, 6.07) is 13.1. The van der Waals surface area contributed by atoms with E-state index in [1.807, 2.05) is 0 Å². The third-order valence-corrected chi connectivity index (χ3v) is 6.99. The maximum absolute atomic E-state index is 8.22. The Morgan fingerprint density at radius 2 is 1.90 bits per heavy atom. The van der Waals surface area contributed by atoms with E-state index >= 15 is 0 Å². The summed E-state index contributed by atoms with van der Waals surface area (Å²) in [6.45, 7) is 6.76. The van der Waals surface area contributed by atoms with Crippen LogP contribution in [0.5, 0.6) is 0 Å². The van der Waals surface area contributed by atoms with Crippen LogP contribution in [0.25, 0.3) is 16.7 Å². The summed E-state index contributed by atoms with van der Waals surface area (Å²) in [5.74, 6) is 0. The molecule has 30 heavy (non-hydrogen) atoms. The van der Waals surface area contributed by atoms with Gasteiger partial charge in [-0.2, -0.15) is 0 Å². The molecule has 0 radical (unpaired) electrons. The highest BCUT2D eigenvalue weighted by Crippen LogP contribution is 2.50. The van der Waals surface area contributed by atoms with Gasteiger partial charge in [-0.05, 0) is 71.6 Å². The molecule has 5 heteroatoms. The summed E-state index contributed by atoms with van der Waals surface area (Å²) in [4.78, 5) is 12.1. The SMILES string of the molecule is C=C1c2ccccc2C(C)(n2cnc(=N)c3[nH]cnc32)c2c1ccc1c2CCCC1. The van der Waals surface area contributed by atoms with Crippen LogP contribution in [0, 0.1) is 5.41 Å². The van der Waals surface area contributed by atoms with Crippen molar-refractivity contribution in [3.05, 3.63) is 94.5 Å². The van der Waals surface area contributed by atoms with Gasteiger partial charge in [0.15, 0.2) is 11.1 Å². The van der Waals surface area contributed by atoms with E-state index in [0.29, 0.717) is 5.52 Å². The van der Waals surface area contributed by atoms with Gasteiger partial charge in [-0.15, -0.1) is 0 Å². The lowest BCUT2D eigenvalue weighted by atomic mass is 9.67. The van der Waals surface area contributed by atoms with Crippen LogP contribution in [0.2, 0.25) is 0 Å². The first-order valence-corrected chi connectivity index (χ1v) is 10.5. The molecule has 0 bridgehead atoms. The van der Waals surface area contributed by atoms with Gasteiger partial charge in [0.25, 0.3) is 0 Å². The maximum atomic E-state index is 8.22. The van der Waals surface area contributed by atoms with E-state index in [2.05, 4.69) is 69.4 Å². The highest BCUT2D eigenvalue weighted by atomic mass is 15.2. The summed E-state index contributed by atoms with van der Waals surface area (Å²) in [6.07, 6.45) is 8.09. The van der Waals surface area contributed by atoms with Crippen molar-refractivity contribution in [1.82, 2.24) is 19.5 Å². The van der Waals surface area contributed by atoms with E-state index in [1.165, 1.54) is 40.7 Å². The summed E-state index contributed by atoms with van der Waals surface area (Å²) < 4.78 is 2.15. The number of fused-ring (bicyclic) bond motifs is 5. The largest absolute Gasteiger partial charge is 0.340 e. The molecule has 2 N–H and O–H groups in total. The molecule has 5 nitrogen and oxygen atoms in total. The summed E-state index contributed by atoms with van der Waals surface area (Å²) in [5, 5.41) is 8.22. The van der Waals surface area contributed by atoms with Crippen LogP contribution in [0.3, 0.4) is 0 Å². The standard InChI is InChI=1S/C25H23N5/c1-15-17-8-5-6-10-20(17)25(2,30-14-29-23(26)22-24(30)28-13-27-22)21-18(15)12-11-16-7-3-4-9-19(16)21/h5-6,8,10-14,26H,1,3-4,7,9H2,2H3,(H,27,28). The quantitative estimate of drug-likeness (QED) is 0.506. The minimum absolute atomic E-state index is 0.214. The highest BCUT2D eigenvalue weighted by molar-refractivity contribution is 5.88. The number of hydrogen-bond acceptors (Lipinski definition) is 3. The zero-order chi connectivity index (χ0) is 20.5. The highest BCUT2D eigenvalue weighted by Gasteiger charge is 2.42. The Morgan fingerprint density at radius 3 is 2.80 bits per heavy atom. The number of hydrogen-bond donors (Lipinski definition) is 2. The molecule has 0 saturated heterocycles. The topological polar surface area (TPSA) is 70.3 Å². The molecule has 1 unspecified atom stereocenters. The van der Waals surface area contributed by atoms with Gasteiger partial charge in [0.2, 0.25) is 0 Å². The monoisotopic (exact) mass is 393 g/mol. The second-order valence-electron chi connectivity index (χ2n) is 8.49. The second-order valence-corrected chi connectivity index (χ2v) is 8.49. The van der Waals surface area contributed by atoms with Crippen molar-refractivity contribution in [1.29, 1.82) is 5.41 Å². The zero-order valence-electron chi connectivity index (χ0n) is 17.0. The number of rotatable bonds is 1. The van der Waals surface area contributed by atoms with Crippen molar-refractivity contribution in [3.8, 4) is 0 Å². The fourth-order valence-electron chi connectivity index (χ4n) is 5.54. The molecule has 0 aliphatic heterocycles. The van der Waals surface area contributed by atoms with Crippen LogP contribution in [0.4, 0.5) is 0 Å². The normalized spacial score (nSPS) is 20.0.